The van der Waals surface area contributed by atoms with Gasteiger partial charge in [0.25, 0.3) is 5.91 Å². The van der Waals surface area contributed by atoms with E-state index in [1.165, 1.54) is 6.07 Å². The molecule has 3 aliphatic rings. The normalized spacial score (nSPS) is 26.7. The van der Waals surface area contributed by atoms with Crippen LogP contribution in [0.2, 0.25) is 0 Å². The lowest BCUT2D eigenvalue weighted by atomic mass is 9.60. The lowest BCUT2D eigenvalue weighted by molar-refractivity contribution is -0.144. The fraction of sp³-hybridized carbons (Fsp3) is 0.480. The van der Waals surface area contributed by atoms with Gasteiger partial charge in [-0.25, -0.2) is 0 Å². The highest BCUT2D eigenvalue weighted by atomic mass is 16.3. The second-order valence-corrected chi connectivity index (χ2v) is 9.32. The van der Waals surface area contributed by atoms with Crippen LogP contribution in [0, 0.1) is 11.8 Å². The Kier molecular flexibility index (Phi) is 5.82. The number of allylic oxidation sites excluding steroid dienone is 2. The van der Waals surface area contributed by atoms with Crippen LogP contribution in [-0.4, -0.2) is 43.5 Å². The van der Waals surface area contributed by atoms with Gasteiger partial charge in [-0.05, 0) is 48.8 Å². The molecule has 0 saturated carbocycles. The average Bonchev–Trinajstić information content (AvgIpc) is 2.75. The third-order valence-electron chi connectivity index (χ3n) is 7.34. The van der Waals surface area contributed by atoms with Crippen molar-refractivity contribution in [2.45, 2.75) is 63.9 Å². The number of rotatable bonds is 6. The molecule has 1 aromatic carbocycles. The molecule has 0 aliphatic heterocycles. The van der Waals surface area contributed by atoms with Crippen molar-refractivity contribution in [2.75, 3.05) is 0 Å². The van der Waals surface area contributed by atoms with Gasteiger partial charge in [-0.1, -0.05) is 32.3 Å². The number of nitrogens with two attached hydrogens (primary N) is 1. The molecule has 0 unspecified atom stereocenters. The summed E-state index contributed by atoms with van der Waals surface area (Å²) in [7, 11) is 0. The molecule has 0 bridgehead atoms. The molecule has 3 aliphatic carbocycles. The lowest BCUT2D eigenvalue weighted by Gasteiger charge is -2.45. The quantitative estimate of drug-likeness (QED) is 0.326. The summed E-state index contributed by atoms with van der Waals surface area (Å²) in [6.45, 7) is 2.13. The van der Waals surface area contributed by atoms with Gasteiger partial charge in [0.2, 0.25) is 5.78 Å². The molecule has 6 N–H and O–H groups in total. The van der Waals surface area contributed by atoms with Crippen LogP contribution in [0.25, 0.3) is 0 Å². The molecule has 0 fully saturated rings. The van der Waals surface area contributed by atoms with Crippen LogP contribution >= 0.6 is 0 Å². The van der Waals surface area contributed by atoms with E-state index in [-0.39, 0.29) is 29.7 Å². The predicted octanol–water partition coefficient (Wildman–Crippen LogP) is 2.70. The summed E-state index contributed by atoms with van der Waals surface area (Å²) >= 11 is 0. The zero-order valence-corrected chi connectivity index (χ0v) is 18.6. The Labute approximate surface area is 191 Å². The number of primary amides is 1. The Morgan fingerprint density at radius 2 is 1.85 bits per heavy atom. The van der Waals surface area contributed by atoms with Crippen molar-refractivity contribution >= 4 is 17.5 Å². The molecule has 1 aromatic rings. The number of Topliss-reactive ketones (excluding diaryl/α,β-unsaturated/α-hetero) is 2. The molecule has 8 nitrogen and oxygen atoms in total. The summed E-state index contributed by atoms with van der Waals surface area (Å²) in [5.74, 6) is -6.02. The van der Waals surface area contributed by atoms with E-state index in [0.717, 1.165) is 43.2 Å². The van der Waals surface area contributed by atoms with Crippen molar-refractivity contribution < 1.29 is 34.8 Å². The number of benzene rings is 1. The number of phenolic OH excluding ortho intramolecular Hbond substituents is 1. The van der Waals surface area contributed by atoms with Crippen LogP contribution in [-0.2, 0) is 22.4 Å². The Morgan fingerprint density at radius 3 is 2.52 bits per heavy atom. The zero-order chi connectivity index (χ0) is 24.1. The van der Waals surface area contributed by atoms with E-state index in [4.69, 9.17) is 5.73 Å². The van der Waals surface area contributed by atoms with Crippen molar-refractivity contribution in [3.05, 3.63) is 51.5 Å². The number of aliphatic hydroxyl groups excluding tert-OH is 2. The molecule has 3 atom stereocenters. The number of amides is 1. The Balaban J connectivity index is 1.78. The molecule has 0 heterocycles. The van der Waals surface area contributed by atoms with Crippen LogP contribution in [0.3, 0.4) is 0 Å². The summed E-state index contributed by atoms with van der Waals surface area (Å²) in [6.07, 6.45) is 5.25. The largest absolute Gasteiger partial charge is 0.511 e. The van der Waals surface area contributed by atoms with Crippen molar-refractivity contribution in [3.8, 4) is 5.75 Å². The molecule has 4 rings (SSSR count). The molecule has 0 saturated heterocycles. The number of aromatic hydroxyl groups is 1. The maximum absolute atomic E-state index is 13.5. The van der Waals surface area contributed by atoms with E-state index >= 15 is 0 Å². The van der Waals surface area contributed by atoms with Crippen molar-refractivity contribution in [1.82, 2.24) is 0 Å². The molecule has 0 aromatic heterocycles. The zero-order valence-electron chi connectivity index (χ0n) is 18.6. The number of unbranched alkanes of at least 4 members (excludes halogenated alkanes) is 3. The molecule has 8 heteroatoms. The van der Waals surface area contributed by atoms with E-state index in [1.807, 2.05) is 6.07 Å². The van der Waals surface area contributed by atoms with Crippen LogP contribution in [0.5, 0.6) is 5.75 Å². The summed E-state index contributed by atoms with van der Waals surface area (Å²) in [5, 5.41) is 43.0. The minimum Gasteiger partial charge on any atom is -0.511 e. The highest BCUT2D eigenvalue weighted by Gasteiger charge is 2.59. The number of hydrogen-bond donors (Lipinski definition) is 5. The fourth-order valence-corrected chi connectivity index (χ4v) is 5.66. The highest BCUT2D eigenvalue weighted by Crippen LogP contribution is 2.51. The van der Waals surface area contributed by atoms with Crippen molar-refractivity contribution in [1.29, 1.82) is 0 Å². The van der Waals surface area contributed by atoms with Gasteiger partial charge in [-0.2, -0.15) is 0 Å². The molecule has 176 valence electrons. The second kappa shape index (κ2) is 8.33. The summed E-state index contributed by atoms with van der Waals surface area (Å²) in [4.78, 5) is 38.1. The first-order chi connectivity index (χ1) is 15.6. The van der Waals surface area contributed by atoms with Crippen molar-refractivity contribution in [2.24, 2.45) is 17.6 Å². The van der Waals surface area contributed by atoms with Crippen LogP contribution < -0.4 is 5.73 Å². The van der Waals surface area contributed by atoms with Crippen LogP contribution in [0.4, 0.5) is 0 Å². The summed E-state index contributed by atoms with van der Waals surface area (Å²) < 4.78 is 0. The average molecular weight is 456 g/mol. The number of hydrogen-bond acceptors (Lipinski definition) is 7. The molecule has 0 spiro atoms. The van der Waals surface area contributed by atoms with Gasteiger partial charge in [0.05, 0.1) is 5.56 Å². The number of phenols is 1. The smallest absolute Gasteiger partial charge is 0.255 e. The van der Waals surface area contributed by atoms with E-state index in [1.54, 1.807) is 0 Å². The molecular weight excluding hydrogens is 426 g/mol. The molecule has 0 radical (unpaired) electrons. The maximum Gasteiger partial charge on any atom is 0.255 e. The topological polar surface area (TPSA) is 158 Å². The van der Waals surface area contributed by atoms with E-state index in [2.05, 4.69) is 6.92 Å². The molecule has 33 heavy (non-hydrogen) atoms. The standard InChI is InChI=1S/C25H29NO7/c1-2-3-4-5-6-12-7-8-16(27)19-15(12)10-13-9-14-11-17(28)20(24(26)32)23(31)25(14,33)22(30)18(13)21(19)29/h7-8,13-14,27-28,30,33H,2-6,9-11H2,1H3,(H2,26,32)/t13-,14+,25+/m1/s1. The minimum absolute atomic E-state index is 0.0830. The number of fused-ring (bicyclic) bond motifs is 3. The first-order valence-electron chi connectivity index (χ1n) is 11.4. The highest BCUT2D eigenvalue weighted by molar-refractivity contribution is 6.24. The summed E-state index contributed by atoms with van der Waals surface area (Å²) in [5.41, 5.74) is 3.56. The van der Waals surface area contributed by atoms with Gasteiger partial charge in [-0.15, -0.1) is 0 Å². The Morgan fingerprint density at radius 1 is 1.12 bits per heavy atom. The predicted molar refractivity (Wildman–Crippen MR) is 119 cm³/mol. The second-order valence-electron chi connectivity index (χ2n) is 9.32. The first kappa shape index (κ1) is 23.0. The Bertz CT molecular complexity index is 1120. The SMILES string of the molecule is CCCCCCc1ccc(O)c2c1C[C@H]1C[C@H]3CC(O)=C(C(N)=O)C(=O)[C@@]3(O)C(O)=C1C2=O. The van der Waals surface area contributed by atoms with Gasteiger partial charge in [-0.3, -0.25) is 14.4 Å². The fourth-order valence-electron chi connectivity index (χ4n) is 5.66. The van der Waals surface area contributed by atoms with Gasteiger partial charge >= 0.3 is 0 Å². The number of ketones is 2. The minimum atomic E-state index is -2.52. The van der Waals surface area contributed by atoms with Gasteiger partial charge in [0.1, 0.15) is 22.8 Å². The Hall–Kier alpha value is -3.13. The van der Waals surface area contributed by atoms with Gasteiger partial charge in [0, 0.05) is 17.9 Å². The molecule has 1 amide bonds. The third-order valence-corrected chi connectivity index (χ3v) is 7.34. The van der Waals surface area contributed by atoms with E-state index in [9.17, 15) is 34.8 Å². The van der Waals surface area contributed by atoms with Gasteiger partial charge < -0.3 is 26.2 Å². The van der Waals surface area contributed by atoms with Crippen LogP contribution in [0.1, 0.15) is 66.9 Å². The number of carbonyl (C=O) groups excluding carboxylic acids is 3. The van der Waals surface area contributed by atoms with E-state index < -0.39 is 52.0 Å². The number of aliphatic hydroxyl groups is 3. The van der Waals surface area contributed by atoms with Crippen LogP contribution in [0.15, 0.2) is 34.8 Å². The third kappa shape index (κ3) is 3.44. The first-order valence-corrected chi connectivity index (χ1v) is 11.4. The number of carbonyl (C=O) groups is 3. The molecular formula is C25H29NO7. The van der Waals surface area contributed by atoms with Crippen molar-refractivity contribution in [3.63, 3.8) is 0 Å². The van der Waals surface area contributed by atoms with Gasteiger partial charge in [0.15, 0.2) is 11.4 Å². The summed E-state index contributed by atoms with van der Waals surface area (Å²) in [6, 6.07) is 3.28. The monoisotopic (exact) mass is 455 g/mol. The maximum atomic E-state index is 13.5. The van der Waals surface area contributed by atoms with E-state index in [0.29, 0.717) is 6.42 Å². The lowest BCUT2D eigenvalue weighted by Crippen LogP contribution is -2.57. The number of aryl methyl sites for hydroxylation is 1.